The molecule has 18 heavy (non-hydrogen) atoms. The topological polar surface area (TPSA) is 42.0 Å². The van der Waals surface area contributed by atoms with Gasteiger partial charge in [0.15, 0.2) is 5.13 Å². The Labute approximate surface area is 126 Å². The number of anilines is 1. The molecule has 1 atom stereocenters. The van der Waals surface area contributed by atoms with Crippen molar-refractivity contribution in [2.24, 2.45) is 0 Å². The van der Waals surface area contributed by atoms with E-state index in [4.69, 9.17) is 0 Å². The average Bonchev–Trinajstić information content (AvgIpc) is 2.70. The van der Waals surface area contributed by atoms with Crippen LogP contribution in [0.3, 0.4) is 0 Å². The van der Waals surface area contributed by atoms with E-state index in [-0.39, 0.29) is 10.7 Å². The minimum Gasteiger partial charge on any atom is -0.301 e. The lowest BCUT2D eigenvalue weighted by Gasteiger charge is -2.06. The average molecular weight is 392 g/mol. The monoisotopic (exact) mass is 390 g/mol. The number of amides is 1. The highest BCUT2D eigenvalue weighted by molar-refractivity contribution is 9.10. The molecule has 0 saturated heterocycles. The van der Waals surface area contributed by atoms with Crippen LogP contribution in [0.5, 0.6) is 0 Å². The summed E-state index contributed by atoms with van der Waals surface area (Å²) in [6.45, 7) is 2.05. The lowest BCUT2D eigenvalue weighted by atomic mass is 10.2. The van der Waals surface area contributed by atoms with Crippen molar-refractivity contribution in [1.82, 2.24) is 4.98 Å². The maximum Gasteiger partial charge on any atom is 0.239 e. The largest absolute Gasteiger partial charge is 0.301 e. The second-order valence-electron chi connectivity index (χ2n) is 3.88. The van der Waals surface area contributed by atoms with Crippen LogP contribution < -0.4 is 5.32 Å². The van der Waals surface area contributed by atoms with Gasteiger partial charge in [0, 0.05) is 4.47 Å². The molecule has 0 aliphatic carbocycles. The molecule has 6 heteroatoms. The van der Waals surface area contributed by atoms with E-state index in [1.54, 1.807) is 0 Å². The smallest absolute Gasteiger partial charge is 0.239 e. The molecule has 2 rings (SSSR count). The summed E-state index contributed by atoms with van der Waals surface area (Å²) >= 11 is 8.28. The third-order valence-electron chi connectivity index (χ3n) is 2.41. The summed E-state index contributed by atoms with van der Waals surface area (Å²) in [7, 11) is 0. The molecular formula is C12H12Br2N2OS. The number of nitrogens with zero attached hydrogens (tertiary/aromatic N) is 1. The number of aromatic nitrogens is 1. The third kappa shape index (κ3) is 3.30. The van der Waals surface area contributed by atoms with Crippen molar-refractivity contribution in [3.8, 4) is 0 Å². The molecule has 3 nitrogen and oxygen atoms in total. The second-order valence-corrected chi connectivity index (χ2v) is 6.93. The zero-order valence-corrected chi connectivity index (χ0v) is 13.7. The first-order valence-electron chi connectivity index (χ1n) is 5.61. The number of carbonyl (C=O) groups excluding carboxylic acids is 1. The van der Waals surface area contributed by atoms with Crippen molar-refractivity contribution < 1.29 is 4.79 Å². The highest BCUT2D eigenvalue weighted by Gasteiger charge is 2.15. The van der Waals surface area contributed by atoms with E-state index in [0.717, 1.165) is 27.5 Å². The maximum atomic E-state index is 11.8. The summed E-state index contributed by atoms with van der Waals surface area (Å²) < 4.78 is 2.07. The van der Waals surface area contributed by atoms with Gasteiger partial charge in [-0.2, -0.15) is 0 Å². The third-order valence-corrected chi connectivity index (χ3v) is 4.71. The van der Waals surface area contributed by atoms with E-state index < -0.39 is 0 Å². The van der Waals surface area contributed by atoms with Crippen LogP contribution in [0, 0.1) is 0 Å². The molecule has 0 radical (unpaired) electrons. The van der Waals surface area contributed by atoms with Gasteiger partial charge in [0.25, 0.3) is 0 Å². The summed E-state index contributed by atoms with van der Waals surface area (Å²) in [6, 6.07) is 5.88. The van der Waals surface area contributed by atoms with Gasteiger partial charge in [0.05, 0.1) is 15.0 Å². The van der Waals surface area contributed by atoms with Crippen molar-refractivity contribution in [3.05, 3.63) is 22.7 Å². The van der Waals surface area contributed by atoms with Gasteiger partial charge in [-0.1, -0.05) is 56.5 Å². The van der Waals surface area contributed by atoms with Crippen LogP contribution in [-0.2, 0) is 4.79 Å². The molecule has 0 saturated carbocycles. The Morgan fingerprint density at radius 2 is 2.33 bits per heavy atom. The lowest BCUT2D eigenvalue weighted by Crippen LogP contribution is -2.22. The van der Waals surface area contributed by atoms with Crippen LogP contribution in [0.15, 0.2) is 22.7 Å². The summed E-state index contributed by atoms with van der Waals surface area (Å²) in [4.78, 5) is 16.1. The summed E-state index contributed by atoms with van der Waals surface area (Å²) in [5.74, 6) is -0.0324. The van der Waals surface area contributed by atoms with Crippen LogP contribution in [0.2, 0.25) is 0 Å². The number of hydrogen-bond acceptors (Lipinski definition) is 3. The highest BCUT2D eigenvalue weighted by Crippen LogP contribution is 2.28. The number of thiazole rings is 1. The molecule has 0 spiro atoms. The Bertz CT molecular complexity index is 570. The zero-order chi connectivity index (χ0) is 13.1. The molecule has 1 unspecified atom stereocenters. The number of hydrogen-bond donors (Lipinski definition) is 1. The van der Waals surface area contributed by atoms with Gasteiger partial charge in [-0.15, -0.1) is 0 Å². The molecule has 1 N–H and O–H groups in total. The number of benzene rings is 1. The van der Waals surface area contributed by atoms with Gasteiger partial charge in [-0.3, -0.25) is 4.79 Å². The van der Waals surface area contributed by atoms with E-state index in [0.29, 0.717) is 5.13 Å². The Morgan fingerprint density at radius 3 is 3.06 bits per heavy atom. The number of halogens is 2. The first-order chi connectivity index (χ1) is 8.60. The standard InChI is InChI=1S/C12H12Br2N2OS/c1-2-3-8(14)11(17)16-12-15-9-5-4-7(13)6-10(9)18-12/h4-6,8H,2-3H2,1H3,(H,15,16,17). The van der Waals surface area contributed by atoms with Crippen molar-refractivity contribution in [2.75, 3.05) is 5.32 Å². The van der Waals surface area contributed by atoms with Gasteiger partial charge < -0.3 is 5.32 Å². The molecule has 1 heterocycles. The van der Waals surface area contributed by atoms with E-state index in [1.807, 2.05) is 18.2 Å². The Hall–Kier alpha value is -0.460. The number of carbonyl (C=O) groups is 1. The Morgan fingerprint density at radius 1 is 1.56 bits per heavy atom. The molecule has 2 aromatic rings. The van der Waals surface area contributed by atoms with E-state index in [2.05, 4.69) is 49.1 Å². The minimum atomic E-state index is -0.152. The predicted molar refractivity (Wildman–Crippen MR) is 83.6 cm³/mol. The highest BCUT2D eigenvalue weighted by atomic mass is 79.9. The van der Waals surface area contributed by atoms with Crippen molar-refractivity contribution >= 4 is 64.5 Å². The molecule has 1 aromatic carbocycles. The number of nitrogens with one attached hydrogen (secondary N) is 1. The molecule has 0 aliphatic heterocycles. The maximum absolute atomic E-state index is 11.8. The van der Waals surface area contributed by atoms with Gasteiger partial charge in [-0.05, 0) is 24.6 Å². The van der Waals surface area contributed by atoms with Crippen LogP contribution in [0.1, 0.15) is 19.8 Å². The molecule has 96 valence electrons. The minimum absolute atomic E-state index is 0.0324. The molecule has 0 aliphatic rings. The zero-order valence-electron chi connectivity index (χ0n) is 9.74. The van der Waals surface area contributed by atoms with Crippen LogP contribution in [0.4, 0.5) is 5.13 Å². The van der Waals surface area contributed by atoms with E-state index >= 15 is 0 Å². The van der Waals surface area contributed by atoms with Crippen LogP contribution >= 0.6 is 43.2 Å². The van der Waals surface area contributed by atoms with Crippen molar-refractivity contribution in [2.45, 2.75) is 24.6 Å². The van der Waals surface area contributed by atoms with Crippen LogP contribution in [0.25, 0.3) is 10.2 Å². The van der Waals surface area contributed by atoms with Gasteiger partial charge in [-0.25, -0.2) is 4.98 Å². The second kappa shape index (κ2) is 6.12. The summed E-state index contributed by atoms with van der Waals surface area (Å²) in [5, 5.41) is 3.49. The number of fused-ring (bicyclic) bond motifs is 1. The molecule has 1 amide bonds. The fourth-order valence-electron chi connectivity index (χ4n) is 1.52. The SMILES string of the molecule is CCCC(Br)C(=O)Nc1nc2ccc(Br)cc2s1. The summed E-state index contributed by atoms with van der Waals surface area (Å²) in [6.07, 6.45) is 1.79. The molecule has 1 aromatic heterocycles. The Kier molecular flexibility index (Phi) is 4.75. The van der Waals surface area contributed by atoms with Crippen molar-refractivity contribution in [3.63, 3.8) is 0 Å². The van der Waals surface area contributed by atoms with Gasteiger partial charge in [0.2, 0.25) is 5.91 Å². The van der Waals surface area contributed by atoms with Gasteiger partial charge in [0.1, 0.15) is 0 Å². The normalized spacial score (nSPS) is 12.6. The van der Waals surface area contributed by atoms with Crippen molar-refractivity contribution in [1.29, 1.82) is 0 Å². The van der Waals surface area contributed by atoms with Gasteiger partial charge >= 0.3 is 0 Å². The first-order valence-corrected chi connectivity index (χ1v) is 8.13. The Balaban J connectivity index is 2.14. The summed E-state index contributed by atoms with van der Waals surface area (Å²) in [5.41, 5.74) is 0.903. The quantitative estimate of drug-likeness (QED) is 0.776. The van der Waals surface area contributed by atoms with Crippen LogP contribution in [-0.4, -0.2) is 15.7 Å². The molecule has 0 bridgehead atoms. The van der Waals surface area contributed by atoms with E-state index in [1.165, 1.54) is 11.3 Å². The number of rotatable bonds is 4. The molecular weight excluding hydrogens is 380 g/mol. The van der Waals surface area contributed by atoms with E-state index in [9.17, 15) is 4.79 Å². The number of alkyl halides is 1. The fraction of sp³-hybridized carbons (Fsp3) is 0.333. The first kappa shape index (κ1) is 14.0. The lowest BCUT2D eigenvalue weighted by molar-refractivity contribution is -0.115. The molecule has 0 fully saturated rings. The fourth-order valence-corrected chi connectivity index (χ4v) is 3.51. The predicted octanol–water partition coefficient (Wildman–Crippen LogP) is 4.56.